The molecule has 1 aromatic heterocycles. The molecule has 0 atom stereocenters. The number of ether oxygens (including phenoxy) is 3. The fraction of sp³-hybridized carbons (Fsp3) is 0.111. The number of allylic oxidation sites excluding steroid dienone is 1. The highest BCUT2D eigenvalue weighted by Gasteiger charge is 2.15. The lowest BCUT2D eigenvalue weighted by Gasteiger charge is -2.14. The minimum atomic E-state index is -0.437. The van der Waals surface area contributed by atoms with Crippen LogP contribution in [0.4, 0.5) is 0 Å². The zero-order chi connectivity index (χ0) is 25.1. The van der Waals surface area contributed by atoms with Gasteiger partial charge < -0.3 is 18.6 Å². The molecule has 7 nitrogen and oxygen atoms in total. The zero-order valence-corrected chi connectivity index (χ0v) is 22.1. The molecule has 0 fully saturated rings. The van der Waals surface area contributed by atoms with Gasteiger partial charge in [0.15, 0.2) is 17.3 Å². The zero-order valence-electron chi connectivity index (χ0n) is 18.9. The summed E-state index contributed by atoms with van der Waals surface area (Å²) in [5.41, 5.74) is 5.81. The van der Waals surface area contributed by atoms with E-state index in [4.69, 9.17) is 18.6 Å². The summed E-state index contributed by atoms with van der Waals surface area (Å²) in [4.78, 5) is 12.5. The molecule has 0 unspecified atom stereocenters. The Labute approximate surface area is 224 Å². The molecule has 4 aromatic rings. The van der Waals surface area contributed by atoms with Gasteiger partial charge in [0.1, 0.15) is 17.9 Å². The number of rotatable bonds is 8. The van der Waals surface area contributed by atoms with Crippen LogP contribution in [0, 0.1) is 0 Å². The monoisotopic (exact) mass is 610 g/mol. The third kappa shape index (κ3) is 5.32. The molecule has 5 rings (SSSR count). The largest absolute Gasteiger partial charge is 0.487 e. The number of carbonyl (C=O) groups excluding carboxylic acids is 1. The second kappa shape index (κ2) is 10.6. The lowest BCUT2D eigenvalue weighted by Crippen LogP contribution is -2.16. The molecule has 1 aliphatic rings. The highest BCUT2D eigenvalue weighted by molar-refractivity contribution is 9.10. The van der Waals surface area contributed by atoms with Gasteiger partial charge in [-0.25, -0.2) is 5.43 Å². The van der Waals surface area contributed by atoms with E-state index in [1.54, 1.807) is 24.4 Å². The maximum Gasteiger partial charge on any atom is 0.307 e. The van der Waals surface area contributed by atoms with Gasteiger partial charge in [0.05, 0.1) is 10.7 Å². The van der Waals surface area contributed by atoms with Crippen LogP contribution in [0.5, 0.6) is 17.2 Å². The van der Waals surface area contributed by atoms with Crippen LogP contribution in [0.25, 0.3) is 11.0 Å². The van der Waals surface area contributed by atoms with Crippen LogP contribution >= 0.6 is 31.9 Å². The molecular formula is C27H20Br2N2O5. The Morgan fingerprint density at radius 3 is 2.81 bits per heavy atom. The maximum atomic E-state index is 12.5. The topological polar surface area (TPSA) is 82.3 Å². The first-order valence-electron chi connectivity index (χ1n) is 11.0. The number of carbonyl (C=O) groups is 1. The van der Waals surface area contributed by atoms with Crippen molar-refractivity contribution in [2.45, 2.75) is 13.0 Å². The summed E-state index contributed by atoms with van der Waals surface area (Å²) in [6, 6.07) is 16.8. The van der Waals surface area contributed by atoms with E-state index >= 15 is 0 Å². The van der Waals surface area contributed by atoms with Crippen molar-refractivity contribution < 1.29 is 23.4 Å². The van der Waals surface area contributed by atoms with Crippen LogP contribution in [0.1, 0.15) is 27.2 Å². The van der Waals surface area contributed by atoms with E-state index in [0.717, 1.165) is 36.8 Å². The Morgan fingerprint density at radius 2 is 1.94 bits per heavy atom. The molecule has 1 amide bonds. The van der Waals surface area contributed by atoms with Crippen molar-refractivity contribution in [2.24, 2.45) is 5.10 Å². The average molecular weight is 612 g/mol. The third-order valence-corrected chi connectivity index (χ3v) is 6.49. The number of fused-ring (bicyclic) bond motifs is 2. The highest BCUT2D eigenvalue weighted by Crippen LogP contribution is 2.35. The Balaban J connectivity index is 1.28. The second-order valence-electron chi connectivity index (χ2n) is 7.95. The first kappa shape index (κ1) is 24.1. The maximum absolute atomic E-state index is 12.5. The van der Waals surface area contributed by atoms with Gasteiger partial charge in [-0.3, -0.25) is 4.79 Å². The summed E-state index contributed by atoms with van der Waals surface area (Å²) in [5.74, 6) is 1.90. The van der Waals surface area contributed by atoms with Gasteiger partial charge in [-0.05, 0) is 87.6 Å². The molecular weight excluding hydrogens is 592 g/mol. The number of hydrogen-bond acceptors (Lipinski definition) is 6. The van der Waals surface area contributed by atoms with Crippen LogP contribution in [0.3, 0.4) is 0 Å². The van der Waals surface area contributed by atoms with Crippen LogP contribution in [-0.4, -0.2) is 18.9 Å². The van der Waals surface area contributed by atoms with Gasteiger partial charge in [0, 0.05) is 9.86 Å². The molecule has 2 heterocycles. The van der Waals surface area contributed by atoms with E-state index in [0.29, 0.717) is 30.1 Å². The molecule has 1 aliphatic heterocycles. The second-order valence-corrected chi connectivity index (χ2v) is 9.72. The van der Waals surface area contributed by atoms with E-state index < -0.39 is 5.91 Å². The Morgan fingerprint density at radius 1 is 1.08 bits per heavy atom. The van der Waals surface area contributed by atoms with E-state index in [2.05, 4.69) is 49.0 Å². The Bertz CT molecular complexity index is 1500. The van der Waals surface area contributed by atoms with E-state index in [1.807, 2.05) is 42.5 Å². The van der Waals surface area contributed by atoms with Crippen molar-refractivity contribution in [2.75, 3.05) is 6.79 Å². The van der Waals surface area contributed by atoms with Gasteiger partial charge in [0.25, 0.3) is 0 Å². The van der Waals surface area contributed by atoms with Gasteiger partial charge in [-0.15, -0.1) is 6.58 Å². The molecule has 3 aromatic carbocycles. The van der Waals surface area contributed by atoms with Crippen molar-refractivity contribution in [3.8, 4) is 17.2 Å². The van der Waals surface area contributed by atoms with Crippen LogP contribution in [-0.2, 0) is 13.0 Å². The van der Waals surface area contributed by atoms with E-state index in [1.165, 1.54) is 0 Å². The lowest BCUT2D eigenvalue weighted by atomic mass is 10.1. The van der Waals surface area contributed by atoms with Crippen molar-refractivity contribution in [1.82, 2.24) is 5.43 Å². The lowest BCUT2D eigenvalue weighted by molar-refractivity contribution is 0.0929. The minimum absolute atomic E-state index is 0.182. The molecule has 0 aliphatic carbocycles. The standard InChI is InChI=1S/C27H20Br2N2O5/c1-2-3-18-8-17(13-30-31-27(32)25-12-19-11-20(28)5-7-22(19)36-25)9-21(29)26(18)33-14-16-4-6-23-24(10-16)35-15-34-23/h2,4-13H,1,3,14-15H2,(H,31,32)/b30-13+. The predicted molar refractivity (Wildman–Crippen MR) is 144 cm³/mol. The van der Waals surface area contributed by atoms with Gasteiger partial charge in [-0.1, -0.05) is 28.1 Å². The fourth-order valence-corrected chi connectivity index (χ4v) is 4.76. The summed E-state index contributed by atoms with van der Waals surface area (Å²) in [5, 5.41) is 4.92. The van der Waals surface area contributed by atoms with Crippen LogP contribution in [0.2, 0.25) is 0 Å². The van der Waals surface area contributed by atoms with Crippen LogP contribution < -0.4 is 19.6 Å². The Kier molecular flexibility index (Phi) is 7.11. The number of nitrogens with one attached hydrogen (secondary N) is 1. The van der Waals surface area contributed by atoms with Crippen molar-refractivity contribution >= 4 is 55.0 Å². The molecule has 0 radical (unpaired) electrons. The number of furan rings is 1. The van der Waals surface area contributed by atoms with Crippen LogP contribution in [0.15, 0.2) is 85.7 Å². The SMILES string of the molecule is C=CCc1cc(/C=N/NC(=O)c2cc3cc(Br)ccc3o2)cc(Br)c1OCc1ccc2c(c1)OCO2. The number of nitrogens with zero attached hydrogens (tertiary/aromatic N) is 1. The smallest absolute Gasteiger partial charge is 0.307 e. The normalized spacial score (nSPS) is 12.3. The molecule has 0 saturated carbocycles. The average Bonchev–Trinajstić information content (AvgIpc) is 3.50. The fourth-order valence-electron chi connectivity index (χ4n) is 3.75. The number of hydrazone groups is 1. The molecule has 36 heavy (non-hydrogen) atoms. The summed E-state index contributed by atoms with van der Waals surface area (Å²) in [6.45, 7) is 4.44. The van der Waals surface area contributed by atoms with Gasteiger partial charge in [0.2, 0.25) is 6.79 Å². The Hall–Kier alpha value is -3.56. The number of benzene rings is 3. The quantitative estimate of drug-likeness (QED) is 0.135. The summed E-state index contributed by atoms with van der Waals surface area (Å²) in [7, 11) is 0. The van der Waals surface area contributed by atoms with Gasteiger partial charge >= 0.3 is 5.91 Å². The molecule has 0 bridgehead atoms. The van der Waals surface area contributed by atoms with Crippen molar-refractivity contribution in [1.29, 1.82) is 0 Å². The molecule has 0 spiro atoms. The number of amides is 1. The number of hydrogen-bond donors (Lipinski definition) is 1. The van der Waals surface area contributed by atoms with Crippen molar-refractivity contribution in [3.05, 3.63) is 98.6 Å². The highest BCUT2D eigenvalue weighted by atomic mass is 79.9. The van der Waals surface area contributed by atoms with Gasteiger partial charge in [-0.2, -0.15) is 5.10 Å². The van der Waals surface area contributed by atoms with E-state index in [-0.39, 0.29) is 12.6 Å². The third-order valence-electron chi connectivity index (χ3n) is 5.41. The van der Waals surface area contributed by atoms with Crippen molar-refractivity contribution in [3.63, 3.8) is 0 Å². The minimum Gasteiger partial charge on any atom is -0.487 e. The molecule has 9 heteroatoms. The summed E-state index contributed by atoms with van der Waals surface area (Å²) in [6.07, 6.45) is 3.96. The molecule has 1 N–H and O–H groups in total. The first-order chi connectivity index (χ1) is 17.5. The summed E-state index contributed by atoms with van der Waals surface area (Å²) >= 11 is 7.01. The van der Waals surface area contributed by atoms with E-state index in [9.17, 15) is 4.79 Å². The number of halogens is 2. The predicted octanol–water partition coefficient (Wildman–Crippen LogP) is 6.76. The molecule has 0 saturated heterocycles. The first-order valence-corrected chi connectivity index (χ1v) is 12.6. The summed E-state index contributed by atoms with van der Waals surface area (Å²) < 4.78 is 24.2. The molecule has 182 valence electrons.